The maximum absolute atomic E-state index is 5.42. The number of methoxy groups -OCH3 is 1. The van der Waals surface area contributed by atoms with Gasteiger partial charge >= 0.3 is 0 Å². The minimum Gasteiger partial charge on any atom is -0.496 e. The second-order valence-corrected chi connectivity index (χ2v) is 6.34. The van der Waals surface area contributed by atoms with Crippen molar-refractivity contribution in [2.24, 2.45) is 0 Å². The van der Waals surface area contributed by atoms with Crippen molar-refractivity contribution in [2.45, 2.75) is 20.0 Å². The second-order valence-electron chi connectivity index (χ2n) is 5.95. The van der Waals surface area contributed by atoms with E-state index in [-0.39, 0.29) is 12.4 Å². The first kappa shape index (κ1) is 19.1. The van der Waals surface area contributed by atoms with E-state index >= 15 is 0 Å². The number of benzene rings is 2. The number of imidazole rings is 1. The lowest BCUT2D eigenvalue weighted by atomic mass is 10.2. The molecule has 0 unspecified atom stereocenters. The van der Waals surface area contributed by atoms with Crippen LogP contribution < -0.4 is 10.1 Å². The largest absolute Gasteiger partial charge is 0.496 e. The lowest BCUT2D eigenvalue weighted by molar-refractivity contribution is 0.410. The van der Waals surface area contributed by atoms with Crippen LogP contribution in [0.1, 0.15) is 12.5 Å². The maximum atomic E-state index is 5.42. The highest BCUT2D eigenvalue weighted by molar-refractivity contribution is 7.71. The third kappa shape index (κ3) is 3.48. The van der Waals surface area contributed by atoms with Crippen molar-refractivity contribution in [1.82, 2.24) is 19.5 Å². The summed E-state index contributed by atoms with van der Waals surface area (Å²) >= 11 is 5.41. The van der Waals surface area contributed by atoms with E-state index in [1.807, 2.05) is 24.3 Å². The number of aryl methyl sites for hydroxylation is 1. The predicted octanol–water partition coefficient (Wildman–Crippen LogP) is 4.70. The Labute approximate surface area is 168 Å². The molecule has 0 aliphatic heterocycles. The van der Waals surface area contributed by atoms with Gasteiger partial charge in [0.2, 0.25) is 0 Å². The summed E-state index contributed by atoms with van der Waals surface area (Å²) in [6.07, 6.45) is 1.58. The minimum absolute atomic E-state index is 0. The first-order valence-electron chi connectivity index (χ1n) is 8.44. The van der Waals surface area contributed by atoms with E-state index in [2.05, 4.69) is 43.9 Å². The summed E-state index contributed by atoms with van der Waals surface area (Å²) < 4.78 is 8.20. The molecule has 8 heteroatoms. The zero-order chi connectivity index (χ0) is 18.1. The van der Waals surface area contributed by atoms with E-state index in [1.165, 1.54) is 0 Å². The quantitative estimate of drug-likeness (QED) is 0.474. The number of aromatic amines is 1. The van der Waals surface area contributed by atoms with Gasteiger partial charge < -0.3 is 19.6 Å². The summed E-state index contributed by atoms with van der Waals surface area (Å²) in [5, 5.41) is 4.35. The van der Waals surface area contributed by atoms with E-state index in [9.17, 15) is 0 Å². The highest BCUT2D eigenvalue weighted by atomic mass is 35.5. The number of halogens is 1. The molecule has 0 aliphatic carbocycles. The van der Waals surface area contributed by atoms with Crippen molar-refractivity contribution in [3.8, 4) is 5.75 Å². The molecule has 6 nitrogen and oxygen atoms in total. The Hall–Kier alpha value is -2.64. The van der Waals surface area contributed by atoms with Gasteiger partial charge in [0.1, 0.15) is 17.9 Å². The van der Waals surface area contributed by atoms with E-state index in [4.69, 9.17) is 17.0 Å². The molecule has 0 saturated heterocycles. The standard InChI is InChI=1S/C19H19N5OS.ClH/c1-3-24-16-9-14-13(8-15(16)23-19(24)26)18(22-11-21-14)20-10-12-6-4-5-7-17(12)25-2;/h4-9,11H,3,10H2,1-2H3,(H,23,26)(H,20,21,22);1H. The number of hydrogen-bond acceptors (Lipinski definition) is 5. The third-order valence-electron chi connectivity index (χ3n) is 4.49. The normalized spacial score (nSPS) is 10.7. The molecule has 0 radical (unpaired) electrons. The van der Waals surface area contributed by atoms with Crippen molar-refractivity contribution in [1.29, 1.82) is 0 Å². The molecule has 0 bridgehead atoms. The van der Waals surface area contributed by atoms with Gasteiger partial charge in [0.15, 0.2) is 4.77 Å². The predicted molar refractivity (Wildman–Crippen MR) is 113 cm³/mol. The van der Waals surface area contributed by atoms with Crippen molar-refractivity contribution >= 4 is 52.4 Å². The van der Waals surface area contributed by atoms with E-state index in [0.29, 0.717) is 11.3 Å². The Morgan fingerprint density at radius 3 is 2.81 bits per heavy atom. The highest BCUT2D eigenvalue weighted by Gasteiger charge is 2.10. The molecule has 0 amide bonds. The molecule has 0 spiro atoms. The molecule has 4 aromatic rings. The number of H-pyrrole nitrogens is 1. The maximum Gasteiger partial charge on any atom is 0.178 e. The molecule has 2 aromatic carbocycles. The first-order valence-corrected chi connectivity index (χ1v) is 8.85. The van der Waals surface area contributed by atoms with Gasteiger partial charge in [-0.15, -0.1) is 12.4 Å². The number of nitrogens with one attached hydrogen (secondary N) is 2. The van der Waals surface area contributed by atoms with Gasteiger partial charge in [-0.2, -0.15) is 0 Å². The average molecular weight is 402 g/mol. The zero-order valence-electron chi connectivity index (χ0n) is 15.0. The van der Waals surface area contributed by atoms with Crippen LogP contribution in [-0.2, 0) is 13.1 Å². The van der Waals surface area contributed by atoms with Gasteiger partial charge in [0, 0.05) is 24.0 Å². The van der Waals surface area contributed by atoms with Crippen LogP contribution in [0, 0.1) is 4.77 Å². The summed E-state index contributed by atoms with van der Waals surface area (Å²) in [5.74, 6) is 1.64. The molecular weight excluding hydrogens is 382 g/mol. The van der Waals surface area contributed by atoms with Crippen LogP contribution in [-0.4, -0.2) is 26.6 Å². The fourth-order valence-electron chi connectivity index (χ4n) is 3.19. The summed E-state index contributed by atoms with van der Waals surface area (Å²) in [6, 6.07) is 12.0. The summed E-state index contributed by atoms with van der Waals surface area (Å²) in [7, 11) is 1.68. The molecule has 4 rings (SSSR count). The molecule has 0 fully saturated rings. The number of fused-ring (bicyclic) bond motifs is 2. The smallest absolute Gasteiger partial charge is 0.178 e. The van der Waals surface area contributed by atoms with Crippen molar-refractivity contribution in [3.63, 3.8) is 0 Å². The number of ether oxygens (including phenoxy) is 1. The Kier molecular flexibility index (Phi) is 5.62. The van der Waals surface area contributed by atoms with Crippen LogP contribution in [0.25, 0.3) is 21.9 Å². The van der Waals surface area contributed by atoms with Gasteiger partial charge in [0.05, 0.1) is 23.7 Å². The lowest BCUT2D eigenvalue weighted by Crippen LogP contribution is -2.04. The van der Waals surface area contributed by atoms with Gasteiger partial charge in [-0.3, -0.25) is 0 Å². The highest BCUT2D eigenvalue weighted by Crippen LogP contribution is 2.26. The van der Waals surface area contributed by atoms with Crippen LogP contribution in [0.4, 0.5) is 5.82 Å². The summed E-state index contributed by atoms with van der Waals surface area (Å²) in [6.45, 7) is 3.50. The number of hydrogen-bond donors (Lipinski definition) is 2. The molecule has 140 valence electrons. The molecule has 0 saturated carbocycles. The third-order valence-corrected chi connectivity index (χ3v) is 4.81. The topological polar surface area (TPSA) is 67.8 Å². The monoisotopic (exact) mass is 401 g/mol. The van der Waals surface area contributed by atoms with Gasteiger partial charge in [-0.1, -0.05) is 18.2 Å². The first-order chi connectivity index (χ1) is 12.7. The average Bonchev–Trinajstić information content (AvgIpc) is 2.98. The van der Waals surface area contributed by atoms with Gasteiger partial charge in [-0.25, -0.2) is 9.97 Å². The number of para-hydroxylation sites is 1. The van der Waals surface area contributed by atoms with E-state index in [0.717, 1.165) is 45.6 Å². The van der Waals surface area contributed by atoms with Crippen LogP contribution >= 0.6 is 24.6 Å². The minimum atomic E-state index is 0. The Morgan fingerprint density at radius 1 is 1.22 bits per heavy atom. The number of rotatable bonds is 5. The molecule has 2 N–H and O–H groups in total. The number of aromatic nitrogens is 4. The molecule has 2 aromatic heterocycles. The molecule has 2 heterocycles. The number of anilines is 1. The SMILES string of the molecule is CCn1c(=S)[nH]c2cc3c(NCc4ccccc4OC)ncnc3cc21.Cl. The van der Waals surface area contributed by atoms with Crippen LogP contribution in [0.3, 0.4) is 0 Å². The fourth-order valence-corrected chi connectivity index (χ4v) is 3.53. The van der Waals surface area contributed by atoms with Gasteiger partial charge in [0.25, 0.3) is 0 Å². The Balaban J connectivity index is 0.00000210. The summed E-state index contributed by atoms with van der Waals surface area (Å²) in [4.78, 5) is 12.1. The van der Waals surface area contributed by atoms with Crippen molar-refractivity contribution in [2.75, 3.05) is 12.4 Å². The van der Waals surface area contributed by atoms with Crippen molar-refractivity contribution in [3.05, 3.63) is 53.1 Å². The molecule has 0 aliphatic rings. The molecule has 27 heavy (non-hydrogen) atoms. The van der Waals surface area contributed by atoms with Crippen LogP contribution in [0.5, 0.6) is 5.75 Å². The molecular formula is C19H20ClN5OS. The second kappa shape index (κ2) is 7.94. The van der Waals surface area contributed by atoms with Gasteiger partial charge in [-0.05, 0) is 37.3 Å². The Bertz CT molecular complexity index is 1150. The van der Waals surface area contributed by atoms with Crippen LogP contribution in [0.2, 0.25) is 0 Å². The van der Waals surface area contributed by atoms with Crippen LogP contribution in [0.15, 0.2) is 42.7 Å². The lowest BCUT2D eigenvalue weighted by Gasteiger charge is -2.11. The van der Waals surface area contributed by atoms with Crippen molar-refractivity contribution < 1.29 is 4.74 Å². The zero-order valence-corrected chi connectivity index (χ0v) is 16.7. The Morgan fingerprint density at radius 2 is 2.04 bits per heavy atom. The fraction of sp³-hybridized carbons (Fsp3) is 0.211. The number of nitrogens with zero attached hydrogens (tertiary/aromatic N) is 3. The molecule has 0 atom stereocenters. The van der Waals surface area contributed by atoms with E-state index < -0.39 is 0 Å². The summed E-state index contributed by atoms with van der Waals surface area (Å²) in [5.41, 5.74) is 3.99. The van der Waals surface area contributed by atoms with E-state index in [1.54, 1.807) is 13.4 Å².